The second kappa shape index (κ2) is 8.27. The summed E-state index contributed by atoms with van der Waals surface area (Å²) in [6, 6.07) is 8.32. The van der Waals surface area contributed by atoms with Crippen LogP contribution in [0.2, 0.25) is 0 Å². The Hall–Kier alpha value is -3.20. The highest BCUT2D eigenvalue weighted by Gasteiger charge is 2.24. The SMILES string of the molecule is COc1ccc(-c2cc(N(C)c3ccnc(N4C[C@@H](C)O[C@@H](C)C4)n3)n[nH]2)c(F)c1. The van der Waals surface area contributed by atoms with E-state index in [0.29, 0.717) is 34.6 Å². The molecule has 0 amide bonds. The summed E-state index contributed by atoms with van der Waals surface area (Å²) in [4.78, 5) is 13.1. The van der Waals surface area contributed by atoms with Crippen molar-refractivity contribution in [2.24, 2.45) is 0 Å². The molecule has 3 aromatic rings. The van der Waals surface area contributed by atoms with Crippen LogP contribution in [0.1, 0.15) is 13.8 Å². The van der Waals surface area contributed by atoms with Crippen molar-refractivity contribution in [3.05, 3.63) is 42.3 Å². The number of hydrogen-bond donors (Lipinski definition) is 1. The van der Waals surface area contributed by atoms with E-state index in [9.17, 15) is 4.39 Å². The molecule has 0 bridgehead atoms. The summed E-state index contributed by atoms with van der Waals surface area (Å²) < 4.78 is 25.3. The van der Waals surface area contributed by atoms with Crippen LogP contribution in [0.4, 0.5) is 22.0 Å². The average Bonchev–Trinajstić information content (AvgIpc) is 3.22. The summed E-state index contributed by atoms with van der Waals surface area (Å²) in [7, 11) is 3.37. The van der Waals surface area contributed by atoms with Crippen molar-refractivity contribution in [2.75, 3.05) is 37.0 Å². The fourth-order valence-electron chi connectivity index (χ4n) is 3.60. The average molecular weight is 412 g/mol. The molecule has 1 aliphatic rings. The van der Waals surface area contributed by atoms with E-state index in [1.54, 1.807) is 24.4 Å². The number of nitrogens with one attached hydrogen (secondary N) is 1. The second-order valence-electron chi connectivity index (χ2n) is 7.42. The van der Waals surface area contributed by atoms with Gasteiger partial charge in [0.05, 0.1) is 25.0 Å². The summed E-state index contributed by atoms with van der Waals surface area (Å²) in [6.45, 7) is 5.56. The molecule has 1 saturated heterocycles. The molecule has 0 saturated carbocycles. The Labute approximate surface area is 174 Å². The predicted molar refractivity (Wildman–Crippen MR) is 113 cm³/mol. The predicted octanol–water partition coefficient (Wildman–Crippen LogP) is 3.40. The van der Waals surface area contributed by atoms with Gasteiger partial charge in [-0.15, -0.1) is 0 Å². The zero-order valence-corrected chi connectivity index (χ0v) is 17.5. The molecule has 9 heteroatoms. The minimum Gasteiger partial charge on any atom is -0.497 e. The Morgan fingerprint density at radius 2 is 1.93 bits per heavy atom. The first-order valence-electron chi connectivity index (χ1n) is 9.81. The summed E-state index contributed by atoms with van der Waals surface area (Å²) >= 11 is 0. The lowest BCUT2D eigenvalue weighted by Gasteiger charge is -2.35. The van der Waals surface area contributed by atoms with Gasteiger partial charge >= 0.3 is 0 Å². The third kappa shape index (κ3) is 4.06. The number of H-pyrrole nitrogens is 1. The van der Waals surface area contributed by atoms with Gasteiger partial charge in [0.15, 0.2) is 5.82 Å². The number of aromatic amines is 1. The van der Waals surface area contributed by atoms with Gasteiger partial charge in [0.2, 0.25) is 5.95 Å². The molecular weight excluding hydrogens is 387 g/mol. The van der Waals surface area contributed by atoms with Gasteiger partial charge in [-0.1, -0.05) is 0 Å². The van der Waals surface area contributed by atoms with Crippen LogP contribution in [0.15, 0.2) is 36.5 Å². The third-order valence-electron chi connectivity index (χ3n) is 5.05. The monoisotopic (exact) mass is 412 g/mol. The van der Waals surface area contributed by atoms with Crippen LogP contribution in [-0.4, -0.2) is 59.6 Å². The first-order chi connectivity index (χ1) is 14.4. The van der Waals surface area contributed by atoms with Crippen LogP contribution in [0, 0.1) is 5.82 Å². The molecule has 1 aromatic carbocycles. The number of anilines is 3. The van der Waals surface area contributed by atoms with Crippen molar-refractivity contribution in [2.45, 2.75) is 26.1 Å². The quantitative estimate of drug-likeness (QED) is 0.688. The molecule has 2 atom stereocenters. The van der Waals surface area contributed by atoms with E-state index in [-0.39, 0.29) is 18.0 Å². The minimum absolute atomic E-state index is 0.118. The molecule has 0 aliphatic carbocycles. The topological polar surface area (TPSA) is 79.4 Å². The molecule has 1 fully saturated rings. The highest BCUT2D eigenvalue weighted by atomic mass is 19.1. The number of rotatable bonds is 5. The van der Waals surface area contributed by atoms with Crippen molar-refractivity contribution in [1.82, 2.24) is 20.2 Å². The fourth-order valence-corrected chi connectivity index (χ4v) is 3.60. The standard InChI is InChI=1S/C21H25FN6O2/c1-13-11-28(12-14(2)30-13)21-23-8-7-19(24-21)27(3)20-10-18(25-26-20)16-6-5-15(29-4)9-17(16)22/h5-10,13-14H,11-12H2,1-4H3,(H,25,26)/t13-,14+. The smallest absolute Gasteiger partial charge is 0.227 e. The van der Waals surface area contributed by atoms with Crippen molar-refractivity contribution >= 4 is 17.6 Å². The number of aromatic nitrogens is 4. The fraction of sp³-hybridized carbons (Fsp3) is 0.381. The zero-order chi connectivity index (χ0) is 21.3. The summed E-state index contributed by atoms with van der Waals surface area (Å²) in [5, 5.41) is 7.23. The van der Waals surface area contributed by atoms with Crippen LogP contribution in [0.25, 0.3) is 11.3 Å². The molecule has 30 heavy (non-hydrogen) atoms. The number of ether oxygens (including phenoxy) is 2. The van der Waals surface area contributed by atoms with Gasteiger partial charge in [0.25, 0.3) is 0 Å². The van der Waals surface area contributed by atoms with Crippen LogP contribution < -0.4 is 14.5 Å². The summed E-state index contributed by atoms with van der Waals surface area (Å²) in [5.41, 5.74) is 0.990. The van der Waals surface area contributed by atoms with Crippen LogP contribution in [0.3, 0.4) is 0 Å². The first kappa shape index (κ1) is 20.1. The molecular formula is C21H25FN6O2. The molecule has 0 spiro atoms. The van der Waals surface area contributed by atoms with Crippen molar-refractivity contribution in [3.8, 4) is 17.0 Å². The van der Waals surface area contributed by atoms with Crippen LogP contribution in [-0.2, 0) is 4.74 Å². The van der Waals surface area contributed by atoms with E-state index in [1.807, 2.05) is 31.9 Å². The van der Waals surface area contributed by atoms with Crippen molar-refractivity contribution in [1.29, 1.82) is 0 Å². The van der Waals surface area contributed by atoms with E-state index in [2.05, 4.69) is 20.1 Å². The minimum atomic E-state index is -0.382. The van der Waals surface area contributed by atoms with Crippen molar-refractivity contribution < 1.29 is 13.9 Å². The number of methoxy groups -OCH3 is 1. The Morgan fingerprint density at radius 3 is 2.63 bits per heavy atom. The lowest BCUT2D eigenvalue weighted by atomic mass is 10.1. The Balaban J connectivity index is 1.56. The van der Waals surface area contributed by atoms with E-state index < -0.39 is 0 Å². The lowest BCUT2D eigenvalue weighted by Crippen LogP contribution is -2.46. The van der Waals surface area contributed by atoms with Gasteiger partial charge in [-0.05, 0) is 32.0 Å². The number of hydrogen-bond acceptors (Lipinski definition) is 7. The van der Waals surface area contributed by atoms with E-state index in [4.69, 9.17) is 14.5 Å². The molecule has 2 aromatic heterocycles. The molecule has 3 heterocycles. The van der Waals surface area contributed by atoms with Crippen LogP contribution in [0.5, 0.6) is 5.75 Å². The van der Waals surface area contributed by atoms with Gasteiger partial charge in [0, 0.05) is 44.0 Å². The first-order valence-corrected chi connectivity index (χ1v) is 9.81. The number of halogens is 1. The molecule has 8 nitrogen and oxygen atoms in total. The third-order valence-corrected chi connectivity index (χ3v) is 5.05. The zero-order valence-electron chi connectivity index (χ0n) is 17.5. The van der Waals surface area contributed by atoms with Gasteiger partial charge in [-0.25, -0.2) is 9.37 Å². The lowest BCUT2D eigenvalue weighted by molar-refractivity contribution is -0.00571. The Kier molecular flexibility index (Phi) is 5.54. The van der Waals surface area contributed by atoms with Gasteiger partial charge in [-0.3, -0.25) is 5.10 Å². The van der Waals surface area contributed by atoms with Gasteiger partial charge in [-0.2, -0.15) is 10.1 Å². The molecule has 0 radical (unpaired) electrons. The normalized spacial score (nSPS) is 19.0. The van der Waals surface area contributed by atoms with Crippen LogP contribution >= 0.6 is 0 Å². The van der Waals surface area contributed by atoms with Gasteiger partial charge in [0.1, 0.15) is 17.4 Å². The van der Waals surface area contributed by atoms with Gasteiger partial charge < -0.3 is 19.3 Å². The molecule has 1 N–H and O–H groups in total. The molecule has 158 valence electrons. The number of nitrogens with zero attached hydrogens (tertiary/aromatic N) is 5. The van der Waals surface area contributed by atoms with E-state index in [0.717, 1.165) is 13.1 Å². The Bertz CT molecular complexity index is 1020. The Morgan fingerprint density at radius 1 is 1.17 bits per heavy atom. The highest BCUT2D eigenvalue weighted by Crippen LogP contribution is 2.29. The van der Waals surface area contributed by atoms with E-state index >= 15 is 0 Å². The van der Waals surface area contributed by atoms with E-state index in [1.165, 1.54) is 13.2 Å². The second-order valence-corrected chi connectivity index (χ2v) is 7.42. The number of morpholine rings is 1. The summed E-state index contributed by atoms with van der Waals surface area (Å²) in [6.07, 6.45) is 1.97. The number of benzene rings is 1. The maximum Gasteiger partial charge on any atom is 0.227 e. The molecule has 0 unspecified atom stereocenters. The maximum atomic E-state index is 14.4. The summed E-state index contributed by atoms with van der Waals surface area (Å²) in [5.74, 6) is 2.05. The van der Waals surface area contributed by atoms with Crippen molar-refractivity contribution in [3.63, 3.8) is 0 Å². The maximum absolute atomic E-state index is 14.4. The molecule has 4 rings (SSSR count). The molecule has 1 aliphatic heterocycles. The largest absolute Gasteiger partial charge is 0.497 e. The highest BCUT2D eigenvalue weighted by molar-refractivity contribution is 5.67.